The zero-order chi connectivity index (χ0) is 19.3. The van der Waals surface area contributed by atoms with Crippen LogP contribution in [0.4, 0.5) is 15.9 Å². The first-order valence-corrected chi connectivity index (χ1v) is 9.37. The number of para-hydroxylation sites is 1. The van der Waals surface area contributed by atoms with Gasteiger partial charge in [0, 0.05) is 12.2 Å². The molecule has 7 heteroatoms. The molecule has 0 aliphatic carbocycles. The predicted octanol–water partition coefficient (Wildman–Crippen LogP) is 4.79. The van der Waals surface area contributed by atoms with Crippen molar-refractivity contribution in [1.82, 2.24) is 9.55 Å². The maximum Gasteiger partial charge on any atom is 0.239 e. The molecular weight excluding hydrogens is 357 g/mol. The molecule has 1 unspecified atom stereocenters. The SMILES string of the molecule is CCCCn1cnc2c1NC(Nc1ccc(F)cc1)=NC2Oc1ccccc1. The monoisotopic (exact) mass is 379 g/mol. The van der Waals surface area contributed by atoms with Crippen LogP contribution in [0.15, 0.2) is 65.9 Å². The molecule has 0 radical (unpaired) electrons. The van der Waals surface area contributed by atoms with E-state index in [1.165, 1.54) is 12.1 Å². The van der Waals surface area contributed by atoms with Gasteiger partial charge in [-0.2, -0.15) is 0 Å². The summed E-state index contributed by atoms with van der Waals surface area (Å²) in [5, 5.41) is 6.49. The summed E-state index contributed by atoms with van der Waals surface area (Å²) in [6.07, 6.45) is 3.37. The van der Waals surface area contributed by atoms with Crippen molar-refractivity contribution in [2.75, 3.05) is 10.6 Å². The summed E-state index contributed by atoms with van der Waals surface area (Å²) in [5.41, 5.74) is 1.47. The Morgan fingerprint density at radius 1 is 1.14 bits per heavy atom. The largest absolute Gasteiger partial charge is 0.463 e. The Hall–Kier alpha value is -3.35. The normalized spacial score (nSPS) is 15.4. The second kappa shape index (κ2) is 8.12. The fourth-order valence-electron chi connectivity index (χ4n) is 2.98. The molecule has 0 saturated heterocycles. The lowest BCUT2D eigenvalue weighted by Gasteiger charge is -2.24. The van der Waals surface area contributed by atoms with E-state index in [1.807, 2.05) is 36.7 Å². The van der Waals surface area contributed by atoms with Crippen LogP contribution in [0.5, 0.6) is 5.75 Å². The molecule has 1 atom stereocenters. The number of anilines is 2. The van der Waals surface area contributed by atoms with Crippen molar-refractivity contribution >= 4 is 17.5 Å². The van der Waals surface area contributed by atoms with Gasteiger partial charge in [-0.25, -0.2) is 14.4 Å². The number of nitrogens with zero attached hydrogens (tertiary/aromatic N) is 3. The molecule has 0 fully saturated rings. The van der Waals surface area contributed by atoms with Crippen LogP contribution in [0.25, 0.3) is 0 Å². The molecule has 0 spiro atoms. The highest BCUT2D eigenvalue weighted by molar-refractivity contribution is 6.04. The number of hydrogen-bond donors (Lipinski definition) is 2. The maximum atomic E-state index is 13.2. The molecule has 1 aliphatic heterocycles. The third kappa shape index (κ3) is 3.98. The molecule has 4 rings (SSSR count). The van der Waals surface area contributed by atoms with Gasteiger partial charge < -0.3 is 19.9 Å². The molecule has 2 N–H and O–H groups in total. The van der Waals surface area contributed by atoms with E-state index < -0.39 is 6.23 Å². The first kappa shape index (κ1) is 18.0. The number of fused-ring (bicyclic) bond motifs is 1. The van der Waals surface area contributed by atoms with Gasteiger partial charge in [0.2, 0.25) is 12.2 Å². The van der Waals surface area contributed by atoms with Gasteiger partial charge in [0.1, 0.15) is 23.1 Å². The number of rotatable bonds is 6. The van der Waals surface area contributed by atoms with E-state index in [2.05, 4.69) is 32.1 Å². The van der Waals surface area contributed by atoms with E-state index in [0.717, 1.165) is 36.6 Å². The van der Waals surface area contributed by atoms with Crippen LogP contribution in [-0.4, -0.2) is 15.5 Å². The number of unbranched alkanes of at least 4 members (excludes halogenated alkanes) is 1. The van der Waals surface area contributed by atoms with E-state index in [0.29, 0.717) is 11.7 Å². The number of ether oxygens (including phenoxy) is 1. The summed E-state index contributed by atoms with van der Waals surface area (Å²) >= 11 is 0. The quantitative estimate of drug-likeness (QED) is 0.646. The van der Waals surface area contributed by atoms with Crippen LogP contribution in [0.1, 0.15) is 31.7 Å². The summed E-state index contributed by atoms with van der Waals surface area (Å²) in [6.45, 7) is 3.01. The number of hydrogen-bond acceptors (Lipinski definition) is 5. The van der Waals surface area contributed by atoms with Crippen molar-refractivity contribution in [3.05, 3.63) is 72.4 Å². The van der Waals surface area contributed by atoms with Crippen LogP contribution in [-0.2, 0) is 6.54 Å². The number of imidazole rings is 1. The van der Waals surface area contributed by atoms with Crippen LogP contribution in [0.3, 0.4) is 0 Å². The lowest BCUT2D eigenvalue weighted by atomic mass is 10.3. The van der Waals surface area contributed by atoms with Gasteiger partial charge in [-0.15, -0.1) is 0 Å². The topological polar surface area (TPSA) is 63.5 Å². The Morgan fingerprint density at radius 3 is 2.68 bits per heavy atom. The first-order chi connectivity index (χ1) is 13.7. The van der Waals surface area contributed by atoms with E-state index in [1.54, 1.807) is 12.1 Å². The lowest BCUT2D eigenvalue weighted by molar-refractivity contribution is 0.211. The smallest absolute Gasteiger partial charge is 0.239 e. The van der Waals surface area contributed by atoms with Crippen LogP contribution in [0.2, 0.25) is 0 Å². The van der Waals surface area contributed by atoms with Gasteiger partial charge in [-0.3, -0.25) is 0 Å². The van der Waals surface area contributed by atoms with Crippen molar-refractivity contribution in [2.45, 2.75) is 32.5 Å². The van der Waals surface area contributed by atoms with Crippen molar-refractivity contribution in [1.29, 1.82) is 0 Å². The number of benzene rings is 2. The molecule has 0 amide bonds. The molecule has 28 heavy (non-hydrogen) atoms. The Labute approximate surface area is 163 Å². The van der Waals surface area contributed by atoms with Crippen molar-refractivity contribution in [3.63, 3.8) is 0 Å². The van der Waals surface area contributed by atoms with Crippen molar-refractivity contribution < 1.29 is 9.13 Å². The molecule has 6 nitrogen and oxygen atoms in total. The average molecular weight is 379 g/mol. The fourth-order valence-corrected chi connectivity index (χ4v) is 2.98. The van der Waals surface area contributed by atoms with Gasteiger partial charge >= 0.3 is 0 Å². The minimum absolute atomic E-state index is 0.283. The third-order valence-electron chi connectivity index (χ3n) is 4.43. The Kier molecular flexibility index (Phi) is 5.23. The summed E-state index contributed by atoms with van der Waals surface area (Å²) in [6, 6.07) is 15.7. The summed E-state index contributed by atoms with van der Waals surface area (Å²) in [5.74, 6) is 1.81. The summed E-state index contributed by atoms with van der Waals surface area (Å²) < 4.78 is 21.3. The van der Waals surface area contributed by atoms with E-state index in [9.17, 15) is 4.39 Å². The minimum Gasteiger partial charge on any atom is -0.463 e. The zero-order valence-corrected chi connectivity index (χ0v) is 15.6. The Balaban J connectivity index is 1.63. The van der Waals surface area contributed by atoms with Crippen molar-refractivity contribution in [2.24, 2.45) is 4.99 Å². The van der Waals surface area contributed by atoms with Gasteiger partial charge in [0.15, 0.2) is 0 Å². The van der Waals surface area contributed by atoms with Crippen LogP contribution in [0, 0.1) is 5.82 Å². The van der Waals surface area contributed by atoms with E-state index in [-0.39, 0.29) is 5.82 Å². The number of aryl methyl sites for hydroxylation is 1. The first-order valence-electron chi connectivity index (χ1n) is 9.37. The van der Waals surface area contributed by atoms with E-state index in [4.69, 9.17) is 4.74 Å². The third-order valence-corrected chi connectivity index (χ3v) is 4.43. The number of aromatic nitrogens is 2. The molecular formula is C21H22FN5O. The minimum atomic E-state index is -0.579. The maximum absolute atomic E-state index is 13.2. The van der Waals surface area contributed by atoms with E-state index >= 15 is 0 Å². The van der Waals surface area contributed by atoms with Gasteiger partial charge in [-0.05, 0) is 42.8 Å². The molecule has 0 bridgehead atoms. The molecule has 2 heterocycles. The second-order valence-electron chi connectivity index (χ2n) is 6.54. The molecule has 0 saturated carbocycles. The van der Waals surface area contributed by atoms with Gasteiger partial charge in [-0.1, -0.05) is 31.5 Å². The number of nitrogens with one attached hydrogen (secondary N) is 2. The Bertz CT molecular complexity index is 953. The molecule has 144 valence electrons. The highest BCUT2D eigenvalue weighted by atomic mass is 19.1. The average Bonchev–Trinajstić information content (AvgIpc) is 3.12. The van der Waals surface area contributed by atoms with Crippen LogP contribution < -0.4 is 15.4 Å². The summed E-state index contributed by atoms with van der Waals surface area (Å²) in [7, 11) is 0. The summed E-state index contributed by atoms with van der Waals surface area (Å²) in [4.78, 5) is 9.16. The predicted molar refractivity (Wildman–Crippen MR) is 108 cm³/mol. The Morgan fingerprint density at radius 2 is 1.93 bits per heavy atom. The highest BCUT2D eigenvalue weighted by Gasteiger charge is 2.28. The fraction of sp³-hybridized carbons (Fsp3) is 0.238. The van der Waals surface area contributed by atoms with Crippen LogP contribution >= 0.6 is 0 Å². The molecule has 1 aromatic heterocycles. The molecule has 3 aromatic rings. The highest BCUT2D eigenvalue weighted by Crippen LogP contribution is 2.31. The second-order valence-corrected chi connectivity index (χ2v) is 6.54. The lowest BCUT2D eigenvalue weighted by Crippen LogP contribution is -2.30. The number of aliphatic imine (C=N–C) groups is 1. The standard InChI is InChI=1S/C21H22FN5O/c1-2-3-13-27-14-23-18-19(27)25-21(24-16-11-9-15(22)10-12-16)26-20(18)28-17-7-5-4-6-8-17/h4-12,14,20H,2-3,13H2,1H3,(H2,24,25,26). The molecule has 1 aliphatic rings. The number of halogens is 1. The zero-order valence-electron chi connectivity index (χ0n) is 15.6. The van der Waals surface area contributed by atoms with Crippen molar-refractivity contribution in [3.8, 4) is 5.75 Å². The molecule has 2 aromatic carbocycles. The van der Waals surface area contributed by atoms with Gasteiger partial charge in [0.25, 0.3) is 0 Å². The van der Waals surface area contributed by atoms with Gasteiger partial charge in [0.05, 0.1) is 6.33 Å². The number of guanidine groups is 1.